The van der Waals surface area contributed by atoms with Gasteiger partial charge in [-0.05, 0) is 63.4 Å². The molecule has 2 bridgehead atoms. The van der Waals surface area contributed by atoms with Crippen LogP contribution < -0.4 is 5.73 Å². The van der Waals surface area contributed by atoms with E-state index < -0.39 is 11.6 Å². The lowest BCUT2D eigenvalue weighted by molar-refractivity contribution is -0.0104. The zero-order chi connectivity index (χ0) is 17.1. The molecule has 0 spiro atoms. The van der Waals surface area contributed by atoms with Crippen molar-refractivity contribution in [3.63, 3.8) is 0 Å². The lowest BCUT2D eigenvalue weighted by Crippen LogP contribution is -2.61. The lowest BCUT2D eigenvalue weighted by atomic mass is 9.75. The van der Waals surface area contributed by atoms with Gasteiger partial charge in [-0.2, -0.15) is 0 Å². The van der Waals surface area contributed by atoms with Gasteiger partial charge >= 0.3 is 0 Å². The van der Waals surface area contributed by atoms with E-state index in [1.165, 1.54) is 25.0 Å². The van der Waals surface area contributed by atoms with E-state index in [-0.39, 0.29) is 11.5 Å². The molecule has 3 nitrogen and oxygen atoms in total. The SMILES string of the molecule is CC(C)(N)CN1C[C@H](c2cc(F)cc(F)c2)[C@@H]2[C@H]1C1CCN2CC1. The summed E-state index contributed by atoms with van der Waals surface area (Å²) < 4.78 is 27.5. The number of hydrogen-bond donors (Lipinski definition) is 1. The van der Waals surface area contributed by atoms with Gasteiger partial charge in [0.1, 0.15) is 11.6 Å². The zero-order valence-electron chi connectivity index (χ0n) is 14.5. The third kappa shape index (κ3) is 2.87. The first-order valence-corrected chi connectivity index (χ1v) is 9.05. The van der Waals surface area contributed by atoms with Crippen LogP contribution in [-0.2, 0) is 0 Å². The van der Waals surface area contributed by atoms with E-state index in [9.17, 15) is 8.78 Å². The largest absolute Gasteiger partial charge is 0.324 e. The molecule has 4 aliphatic heterocycles. The van der Waals surface area contributed by atoms with Gasteiger partial charge in [-0.15, -0.1) is 0 Å². The van der Waals surface area contributed by atoms with E-state index >= 15 is 0 Å². The van der Waals surface area contributed by atoms with Gasteiger partial charge in [-0.25, -0.2) is 8.78 Å². The van der Waals surface area contributed by atoms with Crippen LogP contribution >= 0.6 is 0 Å². The Morgan fingerprint density at radius 3 is 2.29 bits per heavy atom. The molecule has 132 valence electrons. The Labute approximate surface area is 142 Å². The Kier molecular flexibility index (Phi) is 3.94. The molecule has 4 saturated heterocycles. The van der Waals surface area contributed by atoms with Crippen LogP contribution in [0.1, 0.15) is 38.2 Å². The molecule has 3 atom stereocenters. The van der Waals surface area contributed by atoms with E-state index in [0.717, 1.165) is 37.8 Å². The highest BCUT2D eigenvalue weighted by Gasteiger charge is 2.53. The molecule has 2 N–H and O–H groups in total. The summed E-state index contributed by atoms with van der Waals surface area (Å²) in [5.74, 6) is -0.110. The number of piperidine rings is 3. The van der Waals surface area contributed by atoms with E-state index in [1.54, 1.807) is 0 Å². The molecule has 5 rings (SSSR count). The molecule has 4 aliphatic rings. The van der Waals surface area contributed by atoms with Crippen molar-refractivity contribution in [2.45, 2.75) is 50.2 Å². The van der Waals surface area contributed by atoms with Crippen molar-refractivity contribution in [1.29, 1.82) is 0 Å². The van der Waals surface area contributed by atoms with Crippen LogP contribution in [0.3, 0.4) is 0 Å². The zero-order valence-corrected chi connectivity index (χ0v) is 14.5. The maximum Gasteiger partial charge on any atom is 0.126 e. The third-order valence-corrected chi connectivity index (χ3v) is 6.02. The number of nitrogens with two attached hydrogens (primary N) is 1. The lowest BCUT2D eigenvalue weighted by Gasteiger charge is -2.51. The van der Waals surface area contributed by atoms with E-state index in [1.807, 2.05) is 0 Å². The summed E-state index contributed by atoms with van der Waals surface area (Å²) in [6.45, 7) is 8.00. The van der Waals surface area contributed by atoms with Crippen molar-refractivity contribution in [2.24, 2.45) is 11.7 Å². The van der Waals surface area contributed by atoms with Crippen LogP contribution in [-0.4, -0.2) is 53.6 Å². The average Bonchev–Trinajstić information content (AvgIpc) is 2.87. The van der Waals surface area contributed by atoms with Crippen molar-refractivity contribution in [3.8, 4) is 0 Å². The molecule has 1 aromatic rings. The van der Waals surface area contributed by atoms with Crippen LogP contribution in [0.25, 0.3) is 0 Å². The Bertz CT molecular complexity index is 599. The number of fused-ring (bicyclic) bond motifs is 2. The fourth-order valence-corrected chi connectivity index (χ4v) is 5.33. The van der Waals surface area contributed by atoms with Gasteiger partial charge in [0.15, 0.2) is 0 Å². The van der Waals surface area contributed by atoms with Crippen molar-refractivity contribution in [3.05, 3.63) is 35.4 Å². The van der Waals surface area contributed by atoms with Crippen molar-refractivity contribution < 1.29 is 8.78 Å². The van der Waals surface area contributed by atoms with Gasteiger partial charge in [0.05, 0.1) is 0 Å². The third-order valence-electron chi connectivity index (χ3n) is 6.02. The van der Waals surface area contributed by atoms with Crippen molar-refractivity contribution in [2.75, 3.05) is 26.2 Å². The second kappa shape index (κ2) is 5.75. The number of halogens is 2. The molecule has 0 amide bonds. The van der Waals surface area contributed by atoms with E-state index in [4.69, 9.17) is 5.73 Å². The van der Waals surface area contributed by atoms with Gasteiger partial charge in [0.2, 0.25) is 0 Å². The van der Waals surface area contributed by atoms with Gasteiger partial charge in [0.25, 0.3) is 0 Å². The number of rotatable bonds is 3. The van der Waals surface area contributed by atoms with E-state index in [0.29, 0.717) is 18.0 Å². The second-order valence-corrected chi connectivity index (χ2v) is 8.58. The normalized spacial score (nSPS) is 36.1. The minimum atomic E-state index is -0.477. The second-order valence-electron chi connectivity index (χ2n) is 8.58. The summed E-state index contributed by atoms with van der Waals surface area (Å²) in [7, 11) is 0. The highest BCUT2D eigenvalue weighted by Crippen LogP contribution is 2.46. The maximum absolute atomic E-state index is 13.8. The molecule has 0 saturated carbocycles. The first-order valence-electron chi connectivity index (χ1n) is 9.05. The molecule has 4 heterocycles. The summed E-state index contributed by atoms with van der Waals surface area (Å²) in [6.07, 6.45) is 2.46. The smallest absolute Gasteiger partial charge is 0.126 e. The summed E-state index contributed by atoms with van der Waals surface area (Å²) in [4.78, 5) is 5.04. The topological polar surface area (TPSA) is 32.5 Å². The standard InChI is InChI=1S/C19H27F2N3/c1-19(2,22)11-24-10-16(13-7-14(20)9-15(21)8-13)18-17(24)12-3-5-23(18)6-4-12/h7-9,12,16-18H,3-6,10-11,22H2,1-2H3/t16-,17-,18-/m1/s1. The van der Waals surface area contributed by atoms with Crippen molar-refractivity contribution >= 4 is 0 Å². The van der Waals surface area contributed by atoms with Gasteiger partial charge < -0.3 is 5.73 Å². The Morgan fingerprint density at radius 2 is 1.71 bits per heavy atom. The molecule has 1 aromatic carbocycles. The summed E-state index contributed by atoms with van der Waals surface area (Å²) in [5.41, 5.74) is 6.83. The predicted octanol–water partition coefficient (Wildman–Crippen LogP) is 2.56. The minimum Gasteiger partial charge on any atom is -0.324 e. The summed E-state index contributed by atoms with van der Waals surface area (Å²) >= 11 is 0. The fraction of sp³-hybridized carbons (Fsp3) is 0.684. The molecule has 0 aliphatic carbocycles. The van der Waals surface area contributed by atoms with Gasteiger partial charge in [-0.3, -0.25) is 9.80 Å². The average molecular weight is 335 g/mol. The Hall–Kier alpha value is -1.04. The van der Waals surface area contributed by atoms with Crippen LogP contribution in [0.2, 0.25) is 0 Å². The molecule has 4 fully saturated rings. The number of benzene rings is 1. The Balaban J connectivity index is 1.69. The van der Waals surface area contributed by atoms with E-state index in [2.05, 4.69) is 23.6 Å². The van der Waals surface area contributed by atoms with Crippen LogP contribution in [0.5, 0.6) is 0 Å². The summed E-state index contributed by atoms with van der Waals surface area (Å²) in [6, 6.07) is 4.83. The number of likely N-dealkylation sites (tertiary alicyclic amines) is 1. The van der Waals surface area contributed by atoms with Crippen molar-refractivity contribution in [1.82, 2.24) is 9.80 Å². The number of hydrogen-bond acceptors (Lipinski definition) is 3. The molecule has 24 heavy (non-hydrogen) atoms. The quantitative estimate of drug-likeness (QED) is 0.921. The Morgan fingerprint density at radius 1 is 1.08 bits per heavy atom. The first-order chi connectivity index (χ1) is 11.3. The van der Waals surface area contributed by atoms with Crippen LogP contribution in [0, 0.1) is 17.6 Å². The molecular weight excluding hydrogens is 308 g/mol. The molecule has 5 heteroatoms. The predicted molar refractivity (Wildman–Crippen MR) is 90.8 cm³/mol. The van der Waals surface area contributed by atoms with Gasteiger partial charge in [-0.1, -0.05) is 0 Å². The maximum atomic E-state index is 13.8. The minimum absolute atomic E-state index is 0.158. The van der Waals surface area contributed by atoms with Crippen LogP contribution in [0.4, 0.5) is 8.78 Å². The number of nitrogens with zero attached hydrogens (tertiary/aromatic N) is 2. The highest BCUT2D eigenvalue weighted by atomic mass is 19.1. The fourth-order valence-electron chi connectivity index (χ4n) is 5.33. The molecule has 0 radical (unpaired) electrons. The monoisotopic (exact) mass is 335 g/mol. The summed E-state index contributed by atoms with van der Waals surface area (Å²) in [5, 5.41) is 0. The van der Waals surface area contributed by atoms with Gasteiger partial charge in [0, 0.05) is 42.7 Å². The molecule has 0 unspecified atom stereocenters. The van der Waals surface area contributed by atoms with Crippen LogP contribution in [0.15, 0.2) is 18.2 Å². The first kappa shape index (κ1) is 16.4. The molecule has 0 aromatic heterocycles. The highest BCUT2D eigenvalue weighted by molar-refractivity contribution is 5.28. The molecular formula is C19H27F2N3.